The maximum atomic E-state index is 9.03. The van der Waals surface area contributed by atoms with Gasteiger partial charge in [0.25, 0.3) is 0 Å². The molecule has 0 saturated carbocycles. The van der Waals surface area contributed by atoms with E-state index in [0.717, 1.165) is 17.0 Å². The predicted molar refractivity (Wildman–Crippen MR) is 98.5 cm³/mol. The lowest BCUT2D eigenvalue weighted by Gasteiger charge is -2.38. The molecule has 0 amide bonds. The zero-order chi connectivity index (χ0) is 18.1. The average Bonchev–Trinajstić information content (AvgIpc) is 3.17. The monoisotopic (exact) mass is 344 g/mol. The summed E-state index contributed by atoms with van der Waals surface area (Å²) in [5, 5.41) is 21.1. The SMILES string of the molecule is COc1ccc(C2Nc3occc3C(=N)N2c2ccc(C#N)cc2)cc1. The lowest BCUT2D eigenvalue weighted by molar-refractivity contribution is 0.414. The molecule has 0 bridgehead atoms. The third-order valence-electron chi connectivity index (χ3n) is 4.39. The van der Waals surface area contributed by atoms with E-state index in [9.17, 15) is 0 Å². The minimum Gasteiger partial charge on any atom is -0.497 e. The maximum Gasteiger partial charge on any atom is 0.205 e. The van der Waals surface area contributed by atoms with Crippen LogP contribution in [0.25, 0.3) is 0 Å². The fourth-order valence-electron chi connectivity index (χ4n) is 3.05. The van der Waals surface area contributed by atoms with Gasteiger partial charge >= 0.3 is 0 Å². The number of furan rings is 1. The number of nitrogens with one attached hydrogen (secondary N) is 2. The highest BCUT2D eigenvalue weighted by molar-refractivity contribution is 6.12. The topological polar surface area (TPSA) is 85.3 Å². The fourth-order valence-corrected chi connectivity index (χ4v) is 3.05. The van der Waals surface area contributed by atoms with Gasteiger partial charge in [0, 0.05) is 5.69 Å². The highest BCUT2D eigenvalue weighted by Crippen LogP contribution is 2.37. The summed E-state index contributed by atoms with van der Waals surface area (Å²) in [6.07, 6.45) is 1.25. The van der Waals surface area contributed by atoms with Crippen LogP contribution >= 0.6 is 0 Å². The number of rotatable bonds is 3. The van der Waals surface area contributed by atoms with Crippen molar-refractivity contribution in [3.05, 3.63) is 77.6 Å². The van der Waals surface area contributed by atoms with Crippen LogP contribution in [-0.4, -0.2) is 12.9 Å². The van der Waals surface area contributed by atoms with Crippen molar-refractivity contribution in [3.63, 3.8) is 0 Å². The quantitative estimate of drug-likeness (QED) is 0.746. The molecule has 0 radical (unpaired) electrons. The molecule has 1 atom stereocenters. The molecule has 2 aromatic carbocycles. The Bertz CT molecular complexity index is 984. The van der Waals surface area contributed by atoms with Crippen LogP contribution in [0, 0.1) is 16.7 Å². The Balaban J connectivity index is 1.80. The van der Waals surface area contributed by atoms with Gasteiger partial charge < -0.3 is 19.4 Å². The molecule has 1 aliphatic heterocycles. The summed E-state index contributed by atoms with van der Waals surface area (Å²) in [6.45, 7) is 0. The number of hydrogen-bond acceptors (Lipinski definition) is 5. The van der Waals surface area contributed by atoms with Gasteiger partial charge in [0.15, 0.2) is 0 Å². The largest absolute Gasteiger partial charge is 0.497 e. The average molecular weight is 344 g/mol. The van der Waals surface area contributed by atoms with Crippen LogP contribution in [0.4, 0.5) is 11.6 Å². The Labute approximate surface area is 150 Å². The molecule has 2 heterocycles. The Morgan fingerprint density at radius 2 is 1.85 bits per heavy atom. The summed E-state index contributed by atoms with van der Waals surface area (Å²) in [6, 6.07) is 18.7. The van der Waals surface area contributed by atoms with Crippen molar-refractivity contribution >= 4 is 17.4 Å². The van der Waals surface area contributed by atoms with E-state index in [1.165, 1.54) is 0 Å². The number of fused-ring (bicyclic) bond motifs is 1. The second-order valence-corrected chi connectivity index (χ2v) is 5.86. The molecular weight excluding hydrogens is 328 g/mol. The van der Waals surface area contributed by atoms with Crippen LogP contribution in [0.5, 0.6) is 5.75 Å². The van der Waals surface area contributed by atoms with Crippen molar-refractivity contribution in [2.45, 2.75) is 6.17 Å². The molecule has 4 rings (SSSR count). The highest BCUT2D eigenvalue weighted by Gasteiger charge is 2.33. The van der Waals surface area contributed by atoms with Crippen molar-refractivity contribution in [2.24, 2.45) is 0 Å². The molecule has 1 aromatic heterocycles. The number of anilines is 2. The Kier molecular flexibility index (Phi) is 3.82. The number of ether oxygens (including phenoxy) is 1. The highest BCUT2D eigenvalue weighted by atomic mass is 16.5. The first-order chi connectivity index (χ1) is 12.7. The summed E-state index contributed by atoms with van der Waals surface area (Å²) in [4.78, 5) is 1.88. The normalized spacial score (nSPS) is 15.8. The molecule has 0 saturated heterocycles. The van der Waals surface area contributed by atoms with Crippen molar-refractivity contribution in [1.29, 1.82) is 10.7 Å². The molecule has 0 spiro atoms. The molecule has 1 unspecified atom stereocenters. The summed E-state index contributed by atoms with van der Waals surface area (Å²) in [7, 11) is 1.63. The van der Waals surface area contributed by atoms with E-state index in [-0.39, 0.29) is 6.17 Å². The van der Waals surface area contributed by atoms with Crippen molar-refractivity contribution in [3.8, 4) is 11.8 Å². The first kappa shape index (κ1) is 15.8. The van der Waals surface area contributed by atoms with E-state index in [0.29, 0.717) is 22.8 Å². The van der Waals surface area contributed by atoms with Crippen molar-refractivity contribution in [2.75, 3.05) is 17.3 Å². The van der Waals surface area contributed by atoms with E-state index in [2.05, 4.69) is 11.4 Å². The third-order valence-corrected chi connectivity index (χ3v) is 4.39. The molecule has 0 aliphatic carbocycles. The van der Waals surface area contributed by atoms with Gasteiger partial charge in [0.05, 0.1) is 30.6 Å². The van der Waals surface area contributed by atoms with E-state index in [1.807, 2.05) is 41.3 Å². The summed E-state index contributed by atoms with van der Waals surface area (Å²) < 4.78 is 10.7. The van der Waals surface area contributed by atoms with Gasteiger partial charge in [-0.1, -0.05) is 12.1 Å². The Morgan fingerprint density at radius 1 is 1.12 bits per heavy atom. The first-order valence-corrected chi connectivity index (χ1v) is 8.07. The molecule has 6 nitrogen and oxygen atoms in total. The number of amidine groups is 1. The van der Waals surface area contributed by atoms with Gasteiger partial charge in [0.1, 0.15) is 17.8 Å². The van der Waals surface area contributed by atoms with Crippen molar-refractivity contribution < 1.29 is 9.15 Å². The molecule has 26 heavy (non-hydrogen) atoms. The minimum absolute atomic E-state index is 0.319. The van der Waals surface area contributed by atoms with Crippen LogP contribution in [0.2, 0.25) is 0 Å². The van der Waals surface area contributed by atoms with Crippen molar-refractivity contribution in [1.82, 2.24) is 0 Å². The Morgan fingerprint density at radius 3 is 2.50 bits per heavy atom. The van der Waals surface area contributed by atoms with Crippen LogP contribution in [0.15, 0.2) is 65.3 Å². The first-order valence-electron chi connectivity index (χ1n) is 8.07. The molecule has 3 aromatic rings. The van der Waals surface area contributed by atoms with E-state index in [1.54, 1.807) is 31.6 Å². The lowest BCUT2D eigenvalue weighted by Crippen LogP contribution is -2.42. The lowest BCUT2D eigenvalue weighted by atomic mass is 10.1. The second-order valence-electron chi connectivity index (χ2n) is 5.86. The van der Waals surface area contributed by atoms with Gasteiger partial charge in [-0.3, -0.25) is 5.41 Å². The number of nitrogens with zero attached hydrogens (tertiary/aromatic N) is 2. The van der Waals surface area contributed by atoms with Gasteiger partial charge in [-0.25, -0.2) is 0 Å². The Hall–Kier alpha value is -3.72. The molecule has 0 fully saturated rings. The third kappa shape index (κ3) is 2.56. The molecule has 2 N–H and O–H groups in total. The van der Waals surface area contributed by atoms with Crippen LogP contribution in [0.3, 0.4) is 0 Å². The van der Waals surface area contributed by atoms with Gasteiger partial charge in [-0.2, -0.15) is 5.26 Å². The zero-order valence-electron chi connectivity index (χ0n) is 14.1. The maximum absolute atomic E-state index is 9.03. The number of hydrogen-bond donors (Lipinski definition) is 2. The fraction of sp³-hybridized carbons (Fsp3) is 0.100. The van der Waals surface area contributed by atoms with Crippen LogP contribution in [-0.2, 0) is 0 Å². The molecule has 128 valence electrons. The number of nitriles is 1. The van der Waals surface area contributed by atoms with E-state index < -0.39 is 0 Å². The van der Waals surface area contributed by atoms with Gasteiger partial charge in [-0.05, 0) is 48.0 Å². The second kappa shape index (κ2) is 6.30. The number of methoxy groups -OCH3 is 1. The minimum atomic E-state index is -0.319. The van der Waals surface area contributed by atoms with E-state index in [4.69, 9.17) is 19.8 Å². The number of benzene rings is 2. The molecular formula is C20H16N4O2. The van der Waals surface area contributed by atoms with E-state index >= 15 is 0 Å². The summed E-state index contributed by atoms with van der Waals surface area (Å²) in [5.41, 5.74) is 3.05. The standard InChI is InChI=1S/C20H16N4O2/c1-25-16-8-4-14(5-9-16)19-23-20-17(10-11-26-20)18(22)24(19)15-6-2-13(12-21)3-7-15/h2-11,19,22-23H,1H3. The van der Waals surface area contributed by atoms with Crippen LogP contribution in [0.1, 0.15) is 22.9 Å². The smallest absolute Gasteiger partial charge is 0.205 e. The predicted octanol–water partition coefficient (Wildman–Crippen LogP) is 4.12. The summed E-state index contributed by atoms with van der Waals surface area (Å²) >= 11 is 0. The zero-order valence-corrected chi connectivity index (χ0v) is 14.1. The molecule has 1 aliphatic rings. The van der Waals surface area contributed by atoms with Gasteiger partial charge in [0.2, 0.25) is 5.88 Å². The van der Waals surface area contributed by atoms with Gasteiger partial charge in [-0.15, -0.1) is 0 Å². The molecule has 6 heteroatoms. The van der Waals surface area contributed by atoms with Crippen LogP contribution < -0.4 is 15.0 Å². The summed E-state index contributed by atoms with van der Waals surface area (Å²) in [5.74, 6) is 1.67.